The number of carbonyl (C=O) groups excluding carboxylic acids is 3. The monoisotopic (exact) mass is 908 g/mol. The van der Waals surface area contributed by atoms with E-state index >= 15 is 0 Å². The molecule has 0 fully saturated rings. The zero-order valence-electron chi connectivity index (χ0n) is 41.8. The van der Waals surface area contributed by atoms with Crippen LogP contribution in [0.3, 0.4) is 0 Å². The van der Waals surface area contributed by atoms with Gasteiger partial charge in [-0.05, 0) is 89.9 Å². The lowest BCUT2D eigenvalue weighted by Crippen LogP contribution is -2.44. The van der Waals surface area contributed by atoms with Crippen molar-refractivity contribution in [3.8, 4) is 0 Å². The summed E-state index contributed by atoms with van der Waals surface area (Å²) in [6.07, 6.45) is 58.8. The number of likely N-dealkylation sites (N-methyl/N-ethyl adjacent to an activating group) is 1. The fourth-order valence-electron chi connectivity index (χ4n) is 6.40. The van der Waals surface area contributed by atoms with E-state index in [1.54, 1.807) is 0 Å². The summed E-state index contributed by atoms with van der Waals surface area (Å²) >= 11 is 0. The Bertz CT molecular complexity index is 1380. The van der Waals surface area contributed by atoms with E-state index in [9.17, 15) is 19.5 Å². The molecule has 0 heterocycles. The zero-order chi connectivity index (χ0) is 47.7. The van der Waals surface area contributed by atoms with Gasteiger partial charge in [-0.25, -0.2) is 0 Å². The van der Waals surface area contributed by atoms with Gasteiger partial charge in [0, 0.05) is 12.8 Å². The molecular weight excluding hydrogens is 815 g/mol. The molecule has 0 aromatic carbocycles. The third-order valence-electron chi connectivity index (χ3n) is 10.3. The van der Waals surface area contributed by atoms with Crippen LogP contribution in [0.1, 0.15) is 181 Å². The van der Waals surface area contributed by atoms with Gasteiger partial charge in [0.05, 0.1) is 40.3 Å². The highest BCUT2D eigenvalue weighted by atomic mass is 16.7. The molecule has 0 aliphatic rings. The molecule has 0 saturated heterocycles. The highest BCUT2D eigenvalue weighted by Gasteiger charge is 2.21. The van der Waals surface area contributed by atoms with Crippen LogP contribution in [-0.4, -0.2) is 82.3 Å². The quantitative estimate of drug-likeness (QED) is 0.0195. The molecule has 2 unspecified atom stereocenters. The third kappa shape index (κ3) is 48.0. The van der Waals surface area contributed by atoms with E-state index in [-0.39, 0.29) is 38.6 Å². The van der Waals surface area contributed by atoms with Crippen molar-refractivity contribution in [1.29, 1.82) is 0 Å². The Labute approximate surface area is 397 Å². The predicted molar refractivity (Wildman–Crippen MR) is 269 cm³/mol. The van der Waals surface area contributed by atoms with Crippen LogP contribution < -0.4 is 5.11 Å². The molecule has 370 valence electrons. The van der Waals surface area contributed by atoms with Gasteiger partial charge in [-0.2, -0.15) is 0 Å². The van der Waals surface area contributed by atoms with Crippen molar-refractivity contribution in [1.82, 2.24) is 0 Å². The predicted octanol–water partition coefficient (Wildman–Crippen LogP) is 12.9. The van der Waals surface area contributed by atoms with Crippen LogP contribution in [0, 0.1) is 0 Å². The Kier molecular flexibility index (Phi) is 44.0. The van der Waals surface area contributed by atoms with E-state index in [2.05, 4.69) is 105 Å². The number of allylic oxidation sites excluding steroid dienone is 16. The largest absolute Gasteiger partial charge is 0.545 e. The van der Waals surface area contributed by atoms with Gasteiger partial charge in [0.15, 0.2) is 12.4 Å². The lowest BCUT2D eigenvalue weighted by atomic mass is 10.1. The van der Waals surface area contributed by atoms with Crippen molar-refractivity contribution in [2.45, 2.75) is 193 Å². The average Bonchev–Trinajstić information content (AvgIpc) is 3.27. The summed E-state index contributed by atoms with van der Waals surface area (Å²) < 4.78 is 22.5. The normalized spacial score (nSPS) is 13.7. The summed E-state index contributed by atoms with van der Waals surface area (Å²) in [5, 5.41) is 11.7. The maximum absolute atomic E-state index is 12.8. The first-order chi connectivity index (χ1) is 31.6. The molecule has 0 bridgehead atoms. The first-order valence-electron chi connectivity index (χ1n) is 25.4. The molecule has 0 N–H and O–H groups in total. The van der Waals surface area contributed by atoms with E-state index in [1.165, 1.54) is 64.2 Å². The summed E-state index contributed by atoms with van der Waals surface area (Å²) in [5.41, 5.74) is 0. The average molecular weight is 908 g/mol. The molecule has 0 rings (SSSR count). The van der Waals surface area contributed by atoms with Gasteiger partial charge in [0.1, 0.15) is 13.2 Å². The first-order valence-corrected chi connectivity index (χ1v) is 25.4. The van der Waals surface area contributed by atoms with Crippen LogP contribution in [0.4, 0.5) is 0 Å². The van der Waals surface area contributed by atoms with Gasteiger partial charge in [-0.3, -0.25) is 9.59 Å². The summed E-state index contributed by atoms with van der Waals surface area (Å²) in [6.45, 7) is 4.52. The first kappa shape index (κ1) is 61.2. The highest BCUT2D eigenvalue weighted by Crippen LogP contribution is 2.13. The van der Waals surface area contributed by atoms with Crippen molar-refractivity contribution in [3.63, 3.8) is 0 Å². The van der Waals surface area contributed by atoms with Crippen LogP contribution in [0.2, 0.25) is 0 Å². The van der Waals surface area contributed by atoms with Crippen LogP contribution in [-0.2, 0) is 33.3 Å². The lowest BCUT2D eigenvalue weighted by molar-refractivity contribution is -0.870. The summed E-state index contributed by atoms with van der Waals surface area (Å²) in [5.74, 6) is -2.39. The van der Waals surface area contributed by atoms with Crippen molar-refractivity contribution in [2.75, 3.05) is 47.5 Å². The van der Waals surface area contributed by atoms with Gasteiger partial charge in [0.2, 0.25) is 0 Å². The maximum Gasteiger partial charge on any atom is 0.306 e. The minimum atomic E-state index is -1.64. The third-order valence-corrected chi connectivity index (χ3v) is 10.3. The second kappa shape index (κ2) is 46.7. The van der Waals surface area contributed by atoms with Gasteiger partial charge in [0.25, 0.3) is 0 Å². The molecule has 0 aromatic rings. The zero-order valence-corrected chi connectivity index (χ0v) is 41.8. The van der Waals surface area contributed by atoms with E-state index in [0.717, 1.165) is 77.0 Å². The molecule has 0 aromatic heterocycles. The number of esters is 2. The van der Waals surface area contributed by atoms with Crippen LogP contribution >= 0.6 is 0 Å². The summed E-state index contributed by atoms with van der Waals surface area (Å²) in [6, 6.07) is 0. The van der Waals surface area contributed by atoms with Gasteiger partial charge < -0.3 is 33.3 Å². The number of ether oxygens (including phenoxy) is 4. The number of carboxylic acids is 1. The minimum Gasteiger partial charge on any atom is -0.545 e. The molecular formula is C56H93NO8. The molecule has 0 saturated carbocycles. The van der Waals surface area contributed by atoms with E-state index in [0.29, 0.717) is 23.9 Å². The second-order valence-electron chi connectivity index (χ2n) is 17.7. The van der Waals surface area contributed by atoms with E-state index in [4.69, 9.17) is 18.9 Å². The molecule has 0 aliphatic heterocycles. The smallest absolute Gasteiger partial charge is 0.306 e. The standard InChI is InChI=1S/C56H93NO8/c1-6-8-10-12-14-16-18-20-22-24-25-26-27-28-29-31-32-34-36-38-40-42-44-46-53(58)63-50-52(51-64-56(55(60)61)62-49-48-57(3,4)5)65-54(59)47-45-43-41-39-37-35-33-30-23-21-19-17-15-13-11-9-7-2/h9,11,15,17-18,20-21,23-25,27-28,33,35,39,41,52,56H,6-8,10,12-14,16,19,22,26,29-32,34,36-38,40,42-51H2,1-5H3/b11-9-,17-15-,20-18-,23-21-,25-24-,28-27-,35-33-,41-39-. The Morgan fingerprint density at radius 3 is 1.35 bits per heavy atom. The van der Waals surface area contributed by atoms with Crippen molar-refractivity contribution in [3.05, 3.63) is 97.2 Å². The lowest BCUT2D eigenvalue weighted by Gasteiger charge is -2.26. The van der Waals surface area contributed by atoms with Crippen molar-refractivity contribution in [2.24, 2.45) is 0 Å². The molecule has 9 nitrogen and oxygen atoms in total. The Hall–Kier alpha value is -3.79. The minimum absolute atomic E-state index is 0.130. The summed E-state index contributed by atoms with van der Waals surface area (Å²) in [4.78, 5) is 37.1. The van der Waals surface area contributed by atoms with Crippen LogP contribution in [0.25, 0.3) is 0 Å². The maximum atomic E-state index is 12.8. The number of carbonyl (C=O) groups is 3. The number of hydrogen-bond acceptors (Lipinski definition) is 8. The number of hydrogen-bond donors (Lipinski definition) is 0. The van der Waals surface area contributed by atoms with Crippen LogP contribution in [0.5, 0.6) is 0 Å². The van der Waals surface area contributed by atoms with Crippen LogP contribution in [0.15, 0.2) is 97.2 Å². The molecule has 2 atom stereocenters. The number of unbranched alkanes of at least 4 members (excludes halogenated alkanes) is 14. The Morgan fingerprint density at radius 1 is 0.477 bits per heavy atom. The Morgan fingerprint density at radius 2 is 0.892 bits per heavy atom. The van der Waals surface area contributed by atoms with Gasteiger partial charge in [-0.1, -0.05) is 175 Å². The number of aliphatic carboxylic acids is 1. The van der Waals surface area contributed by atoms with Crippen molar-refractivity contribution >= 4 is 17.9 Å². The molecule has 0 aliphatic carbocycles. The fourth-order valence-corrected chi connectivity index (χ4v) is 6.40. The number of quaternary nitrogens is 1. The van der Waals surface area contributed by atoms with Crippen molar-refractivity contribution < 1.29 is 42.9 Å². The molecule has 9 heteroatoms. The topological polar surface area (TPSA) is 111 Å². The molecule has 0 spiro atoms. The Balaban J connectivity index is 4.44. The number of rotatable bonds is 45. The number of carboxylic acid groups (broad SMARTS) is 1. The molecule has 65 heavy (non-hydrogen) atoms. The van der Waals surface area contributed by atoms with E-state index < -0.39 is 24.3 Å². The molecule has 0 amide bonds. The van der Waals surface area contributed by atoms with E-state index in [1.807, 2.05) is 27.2 Å². The van der Waals surface area contributed by atoms with Gasteiger partial charge >= 0.3 is 11.9 Å². The molecule has 0 radical (unpaired) electrons. The summed E-state index contributed by atoms with van der Waals surface area (Å²) in [7, 11) is 5.88. The highest BCUT2D eigenvalue weighted by molar-refractivity contribution is 5.70. The second-order valence-corrected chi connectivity index (χ2v) is 17.7. The fraction of sp³-hybridized carbons (Fsp3) is 0.661. The number of nitrogens with zero attached hydrogens (tertiary/aromatic N) is 1. The SMILES string of the molecule is CC/C=C\C/C=C\C/C=C\C/C=C\C/C=C\CCCC(=O)OC(COC(=O)CCCCCCCCCC/C=C\C/C=C\C/C=C\CCCCCCC)COC(OCC[N+](C)(C)C)C(=O)[O-]. The van der Waals surface area contributed by atoms with Gasteiger partial charge in [-0.15, -0.1) is 0 Å².